The van der Waals surface area contributed by atoms with Gasteiger partial charge in [0.1, 0.15) is 5.84 Å². The third-order valence-corrected chi connectivity index (χ3v) is 4.08. The molecule has 0 spiro atoms. The molecular formula is C13H10BrN3O2S. The molecule has 0 aliphatic rings. The number of nitrogen functional groups attached to an aromatic ring is 1. The van der Waals surface area contributed by atoms with Crippen molar-refractivity contribution in [1.29, 1.82) is 5.41 Å². The Morgan fingerprint density at radius 1 is 1.25 bits per heavy atom. The maximum atomic E-state index is 10.6. The summed E-state index contributed by atoms with van der Waals surface area (Å²) in [5, 5.41) is 18.2. The summed E-state index contributed by atoms with van der Waals surface area (Å²) in [7, 11) is 0. The van der Waals surface area contributed by atoms with Crippen molar-refractivity contribution in [2.45, 2.75) is 9.79 Å². The van der Waals surface area contributed by atoms with Gasteiger partial charge in [0.15, 0.2) is 0 Å². The molecule has 0 fully saturated rings. The van der Waals surface area contributed by atoms with Gasteiger partial charge in [0.05, 0.1) is 4.92 Å². The molecule has 2 rings (SSSR count). The van der Waals surface area contributed by atoms with E-state index in [2.05, 4.69) is 15.9 Å². The molecule has 0 heterocycles. The maximum absolute atomic E-state index is 10.6. The Hall–Kier alpha value is -1.86. The van der Waals surface area contributed by atoms with Crippen molar-refractivity contribution in [3.63, 3.8) is 0 Å². The largest absolute Gasteiger partial charge is 0.384 e. The molecule has 0 saturated heterocycles. The van der Waals surface area contributed by atoms with Gasteiger partial charge in [0.2, 0.25) is 0 Å². The number of rotatable bonds is 4. The molecule has 0 radical (unpaired) electrons. The topological polar surface area (TPSA) is 93.0 Å². The molecule has 2 aromatic rings. The normalized spacial score (nSPS) is 10.2. The number of nitro groups is 1. The molecule has 0 atom stereocenters. The van der Waals surface area contributed by atoms with Crippen LogP contribution < -0.4 is 5.73 Å². The summed E-state index contributed by atoms with van der Waals surface area (Å²) in [5.74, 6) is -0.0179. The lowest BCUT2D eigenvalue weighted by molar-refractivity contribution is -0.384. The highest BCUT2D eigenvalue weighted by atomic mass is 79.9. The minimum absolute atomic E-state index is 0.0179. The van der Waals surface area contributed by atoms with Gasteiger partial charge >= 0.3 is 0 Å². The van der Waals surface area contributed by atoms with Crippen LogP contribution in [0, 0.1) is 15.5 Å². The summed E-state index contributed by atoms with van der Waals surface area (Å²) in [6.45, 7) is 0. The second-order valence-electron chi connectivity index (χ2n) is 3.91. The molecule has 0 unspecified atom stereocenters. The first-order valence-electron chi connectivity index (χ1n) is 5.53. The molecule has 0 aromatic heterocycles. The Labute approximate surface area is 128 Å². The minimum atomic E-state index is -0.435. The van der Waals surface area contributed by atoms with E-state index in [4.69, 9.17) is 11.1 Å². The van der Waals surface area contributed by atoms with Crippen molar-refractivity contribution >= 4 is 39.2 Å². The first kappa shape index (κ1) is 14.5. The van der Waals surface area contributed by atoms with E-state index in [1.54, 1.807) is 18.2 Å². The average Bonchev–Trinajstić information content (AvgIpc) is 2.41. The standard InChI is InChI=1S/C13H10BrN3O2S/c14-8-1-6-12(11(7-8)13(15)16)20-10-4-2-9(3-5-10)17(18)19/h1-7H,(H3,15,16). The van der Waals surface area contributed by atoms with Crippen molar-refractivity contribution in [2.24, 2.45) is 5.73 Å². The molecule has 7 heteroatoms. The number of benzene rings is 2. The van der Waals surface area contributed by atoms with E-state index >= 15 is 0 Å². The van der Waals surface area contributed by atoms with Crippen LogP contribution in [0.2, 0.25) is 0 Å². The number of nitrogens with zero attached hydrogens (tertiary/aromatic N) is 1. The fourth-order valence-electron chi connectivity index (χ4n) is 1.56. The van der Waals surface area contributed by atoms with Gasteiger partial charge in [0, 0.05) is 32.0 Å². The van der Waals surface area contributed by atoms with Crippen molar-refractivity contribution in [3.05, 3.63) is 62.6 Å². The third kappa shape index (κ3) is 3.37. The van der Waals surface area contributed by atoms with E-state index in [1.807, 2.05) is 12.1 Å². The van der Waals surface area contributed by atoms with Gasteiger partial charge in [-0.3, -0.25) is 15.5 Å². The summed E-state index contributed by atoms with van der Waals surface area (Å²) in [6.07, 6.45) is 0. The fraction of sp³-hybridized carbons (Fsp3) is 0. The molecule has 0 aliphatic heterocycles. The smallest absolute Gasteiger partial charge is 0.269 e. The summed E-state index contributed by atoms with van der Waals surface area (Å²) in [4.78, 5) is 11.8. The minimum Gasteiger partial charge on any atom is -0.384 e. The van der Waals surface area contributed by atoms with Crippen LogP contribution >= 0.6 is 27.7 Å². The molecule has 0 bridgehead atoms. The summed E-state index contributed by atoms with van der Waals surface area (Å²) in [6, 6.07) is 11.7. The van der Waals surface area contributed by atoms with Crippen molar-refractivity contribution in [1.82, 2.24) is 0 Å². The van der Waals surface area contributed by atoms with Crippen LogP contribution in [0.25, 0.3) is 0 Å². The van der Waals surface area contributed by atoms with Crippen molar-refractivity contribution in [2.75, 3.05) is 0 Å². The van der Waals surface area contributed by atoms with Gasteiger partial charge in [-0.1, -0.05) is 27.7 Å². The first-order chi connectivity index (χ1) is 9.47. The lowest BCUT2D eigenvalue weighted by atomic mass is 10.2. The fourth-order valence-corrected chi connectivity index (χ4v) is 2.87. The Balaban J connectivity index is 2.30. The lowest BCUT2D eigenvalue weighted by Crippen LogP contribution is -2.12. The van der Waals surface area contributed by atoms with Crippen LogP contribution in [0.5, 0.6) is 0 Å². The molecule has 20 heavy (non-hydrogen) atoms. The highest BCUT2D eigenvalue weighted by Crippen LogP contribution is 2.32. The molecule has 2 aromatic carbocycles. The molecule has 0 saturated carbocycles. The van der Waals surface area contributed by atoms with Crippen LogP contribution in [0.1, 0.15) is 5.56 Å². The Bertz CT molecular complexity index is 674. The van der Waals surface area contributed by atoms with Gasteiger partial charge < -0.3 is 5.73 Å². The molecular weight excluding hydrogens is 342 g/mol. The Kier molecular flexibility index (Phi) is 4.41. The predicted molar refractivity (Wildman–Crippen MR) is 82.4 cm³/mol. The second kappa shape index (κ2) is 6.06. The van der Waals surface area contributed by atoms with E-state index in [-0.39, 0.29) is 11.5 Å². The third-order valence-electron chi connectivity index (χ3n) is 2.51. The van der Waals surface area contributed by atoms with Crippen LogP contribution in [0.15, 0.2) is 56.7 Å². The van der Waals surface area contributed by atoms with Gasteiger partial charge in [-0.2, -0.15) is 0 Å². The van der Waals surface area contributed by atoms with E-state index < -0.39 is 4.92 Å². The number of hydrogen-bond acceptors (Lipinski definition) is 4. The SMILES string of the molecule is N=C(N)c1cc(Br)ccc1Sc1ccc([N+](=O)[O-])cc1. The van der Waals surface area contributed by atoms with E-state index in [0.29, 0.717) is 5.56 Å². The highest BCUT2D eigenvalue weighted by molar-refractivity contribution is 9.10. The predicted octanol–water partition coefficient (Wildman–Crippen LogP) is 3.79. The van der Waals surface area contributed by atoms with Crippen LogP contribution in [-0.4, -0.2) is 10.8 Å². The number of amidine groups is 1. The van der Waals surface area contributed by atoms with Gasteiger partial charge in [-0.25, -0.2) is 0 Å². The summed E-state index contributed by atoms with van der Waals surface area (Å²) >= 11 is 4.75. The zero-order valence-corrected chi connectivity index (χ0v) is 12.6. The summed E-state index contributed by atoms with van der Waals surface area (Å²) < 4.78 is 0.843. The second-order valence-corrected chi connectivity index (χ2v) is 5.94. The maximum Gasteiger partial charge on any atom is 0.269 e. The molecule has 5 nitrogen and oxygen atoms in total. The molecule has 3 N–H and O–H groups in total. The van der Waals surface area contributed by atoms with E-state index in [1.165, 1.54) is 23.9 Å². The molecule has 0 amide bonds. The number of nitro benzene ring substituents is 1. The van der Waals surface area contributed by atoms with Gasteiger partial charge in [-0.05, 0) is 30.3 Å². The zero-order valence-electron chi connectivity index (χ0n) is 10.2. The quantitative estimate of drug-likeness (QED) is 0.379. The zero-order chi connectivity index (χ0) is 14.7. The molecule has 0 aliphatic carbocycles. The van der Waals surface area contributed by atoms with Crippen molar-refractivity contribution < 1.29 is 4.92 Å². The van der Waals surface area contributed by atoms with Gasteiger partial charge in [0.25, 0.3) is 5.69 Å². The number of halogens is 1. The monoisotopic (exact) mass is 351 g/mol. The van der Waals surface area contributed by atoms with Crippen LogP contribution in [0.4, 0.5) is 5.69 Å². The van der Waals surface area contributed by atoms with E-state index in [9.17, 15) is 10.1 Å². The summed E-state index contributed by atoms with van der Waals surface area (Å²) in [5.41, 5.74) is 6.24. The van der Waals surface area contributed by atoms with Crippen LogP contribution in [0.3, 0.4) is 0 Å². The number of nitrogens with one attached hydrogen (secondary N) is 1. The highest BCUT2D eigenvalue weighted by Gasteiger charge is 2.09. The Morgan fingerprint density at radius 2 is 1.90 bits per heavy atom. The van der Waals surface area contributed by atoms with Gasteiger partial charge in [-0.15, -0.1) is 0 Å². The molecule has 102 valence electrons. The first-order valence-corrected chi connectivity index (χ1v) is 7.14. The van der Waals surface area contributed by atoms with Crippen molar-refractivity contribution in [3.8, 4) is 0 Å². The Morgan fingerprint density at radius 3 is 2.45 bits per heavy atom. The van der Waals surface area contributed by atoms with E-state index in [0.717, 1.165) is 14.3 Å². The number of non-ortho nitro benzene ring substituents is 1. The number of nitrogens with two attached hydrogens (primary N) is 1. The number of hydrogen-bond donors (Lipinski definition) is 2. The lowest BCUT2D eigenvalue weighted by Gasteiger charge is -2.08. The van der Waals surface area contributed by atoms with Crippen LogP contribution in [-0.2, 0) is 0 Å². The average molecular weight is 352 g/mol.